The van der Waals surface area contributed by atoms with Crippen LogP contribution >= 0.6 is 23.4 Å². The molecule has 1 aliphatic carbocycles. The van der Waals surface area contributed by atoms with E-state index >= 15 is 0 Å². The largest absolute Gasteiger partial charge is 0.455 e. The Labute approximate surface area is 215 Å². The molecule has 3 aromatic rings. The molecule has 1 N–H and O–H groups in total. The lowest BCUT2D eigenvalue weighted by Gasteiger charge is -2.37. The molecule has 0 radical (unpaired) electrons. The van der Waals surface area contributed by atoms with Gasteiger partial charge in [0.15, 0.2) is 10.9 Å². The summed E-state index contributed by atoms with van der Waals surface area (Å²) in [5.41, 5.74) is 2.11. The number of aromatic nitrogens is 2. The molecule has 0 spiro atoms. The van der Waals surface area contributed by atoms with Gasteiger partial charge in [0.1, 0.15) is 11.6 Å². The van der Waals surface area contributed by atoms with Crippen molar-refractivity contribution in [2.24, 2.45) is 0 Å². The van der Waals surface area contributed by atoms with Gasteiger partial charge in [-0.05, 0) is 43.0 Å². The van der Waals surface area contributed by atoms with Gasteiger partial charge < -0.3 is 19.5 Å². The van der Waals surface area contributed by atoms with Gasteiger partial charge in [-0.3, -0.25) is 4.79 Å². The first-order valence-corrected chi connectivity index (χ1v) is 13.5. The highest BCUT2D eigenvalue weighted by Gasteiger charge is 2.25. The van der Waals surface area contributed by atoms with E-state index in [0.29, 0.717) is 23.5 Å². The van der Waals surface area contributed by atoms with E-state index in [1.807, 2.05) is 24.3 Å². The van der Waals surface area contributed by atoms with E-state index in [4.69, 9.17) is 26.0 Å². The van der Waals surface area contributed by atoms with E-state index in [1.54, 1.807) is 6.07 Å². The molecule has 1 saturated heterocycles. The number of halogens is 1. The van der Waals surface area contributed by atoms with Crippen LogP contribution in [0.5, 0.6) is 0 Å². The molecule has 2 aliphatic rings. The minimum absolute atomic E-state index is 0.139. The van der Waals surface area contributed by atoms with Gasteiger partial charge >= 0.3 is 0 Å². The molecule has 5 rings (SSSR count). The molecule has 3 heterocycles. The number of benzene rings is 1. The maximum absolute atomic E-state index is 12.2. The number of para-hydroxylation sites is 1. The number of nitrogens with zero attached hydrogens (tertiary/aromatic N) is 4. The van der Waals surface area contributed by atoms with Crippen LogP contribution in [0.4, 0.5) is 11.5 Å². The summed E-state index contributed by atoms with van der Waals surface area (Å²) in [5, 5.41) is 4.47. The SMILES string of the molecule is CC(C)c1cc(N2CCN(c3ccccc3Cl)CC2)nc(SCc2ccc(C(=O)NC3CC3)o2)n1. The molecular formula is C26H30ClN5O2S. The van der Waals surface area contributed by atoms with E-state index < -0.39 is 0 Å². The molecule has 1 saturated carbocycles. The first-order chi connectivity index (χ1) is 17.0. The van der Waals surface area contributed by atoms with Gasteiger partial charge in [0.2, 0.25) is 0 Å². The van der Waals surface area contributed by atoms with Crippen molar-refractivity contribution in [1.82, 2.24) is 15.3 Å². The van der Waals surface area contributed by atoms with Gasteiger partial charge in [-0.1, -0.05) is 49.3 Å². The quantitative estimate of drug-likeness (QED) is 0.322. The summed E-state index contributed by atoms with van der Waals surface area (Å²) in [5.74, 6) is 2.78. The first-order valence-electron chi connectivity index (χ1n) is 12.1. The van der Waals surface area contributed by atoms with Crippen LogP contribution in [0.1, 0.15) is 54.6 Å². The Bertz CT molecular complexity index is 1190. The van der Waals surface area contributed by atoms with Crippen LogP contribution in [0.15, 0.2) is 52.0 Å². The number of thioether (sulfide) groups is 1. The zero-order valence-corrected chi connectivity index (χ0v) is 21.6. The van der Waals surface area contributed by atoms with E-state index in [0.717, 1.165) is 72.2 Å². The highest BCUT2D eigenvalue weighted by Crippen LogP contribution is 2.29. The third-order valence-electron chi connectivity index (χ3n) is 6.24. The lowest BCUT2D eigenvalue weighted by Crippen LogP contribution is -2.47. The summed E-state index contributed by atoms with van der Waals surface area (Å²) in [4.78, 5) is 26.5. The predicted octanol–water partition coefficient (Wildman–Crippen LogP) is 5.36. The molecule has 0 atom stereocenters. The summed E-state index contributed by atoms with van der Waals surface area (Å²) < 4.78 is 5.77. The van der Waals surface area contributed by atoms with Crippen LogP contribution in [-0.2, 0) is 5.75 Å². The van der Waals surface area contributed by atoms with Crippen LogP contribution in [0.2, 0.25) is 5.02 Å². The molecule has 35 heavy (non-hydrogen) atoms. The maximum Gasteiger partial charge on any atom is 0.287 e. The Balaban J connectivity index is 1.25. The number of anilines is 2. The second-order valence-corrected chi connectivity index (χ2v) is 10.7. The Morgan fingerprint density at radius 2 is 1.86 bits per heavy atom. The molecule has 184 valence electrons. The highest BCUT2D eigenvalue weighted by molar-refractivity contribution is 7.98. The Hall–Kier alpha value is -2.71. The number of nitrogens with one attached hydrogen (secondary N) is 1. The normalized spacial score (nSPS) is 16.1. The third-order valence-corrected chi connectivity index (χ3v) is 7.43. The number of carbonyl (C=O) groups is 1. The minimum Gasteiger partial charge on any atom is -0.455 e. The average molecular weight is 512 g/mol. The Kier molecular flexibility index (Phi) is 7.20. The monoisotopic (exact) mass is 511 g/mol. The van der Waals surface area contributed by atoms with Crippen molar-refractivity contribution in [3.63, 3.8) is 0 Å². The van der Waals surface area contributed by atoms with Crippen molar-refractivity contribution >= 4 is 40.8 Å². The summed E-state index contributed by atoms with van der Waals surface area (Å²) in [6.07, 6.45) is 2.10. The molecule has 7 nitrogen and oxygen atoms in total. The van der Waals surface area contributed by atoms with Gasteiger partial charge in [-0.2, -0.15) is 0 Å². The van der Waals surface area contributed by atoms with Gasteiger partial charge in [-0.15, -0.1) is 0 Å². The van der Waals surface area contributed by atoms with Gasteiger partial charge in [0.25, 0.3) is 5.91 Å². The van der Waals surface area contributed by atoms with Crippen LogP contribution in [0.3, 0.4) is 0 Å². The zero-order chi connectivity index (χ0) is 24.4. The number of amides is 1. The second kappa shape index (κ2) is 10.5. The molecule has 0 unspecified atom stereocenters. The molecule has 1 aliphatic heterocycles. The number of hydrogen-bond donors (Lipinski definition) is 1. The molecule has 1 amide bonds. The fourth-order valence-electron chi connectivity index (χ4n) is 4.03. The number of hydrogen-bond acceptors (Lipinski definition) is 7. The van der Waals surface area contributed by atoms with Crippen molar-refractivity contribution in [3.05, 3.63) is 64.7 Å². The lowest BCUT2D eigenvalue weighted by atomic mass is 10.1. The predicted molar refractivity (Wildman–Crippen MR) is 141 cm³/mol. The van der Waals surface area contributed by atoms with E-state index in [2.05, 4.69) is 41.1 Å². The fourth-order valence-corrected chi connectivity index (χ4v) is 5.04. The van der Waals surface area contributed by atoms with Gasteiger partial charge in [0, 0.05) is 44.0 Å². The van der Waals surface area contributed by atoms with Crippen molar-refractivity contribution in [3.8, 4) is 0 Å². The third kappa shape index (κ3) is 5.93. The molecule has 1 aromatic carbocycles. The van der Waals surface area contributed by atoms with Gasteiger partial charge in [0.05, 0.1) is 16.5 Å². The molecular weight excluding hydrogens is 482 g/mol. The summed E-state index contributed by atoms with van der Waals surface area (Å²) >= 11 is 7.94. The second-order valence-electron chi connectivity index (χ2n) is 9.32. The van der Waals surface area contributed by atoms with Crippen LogP contribution in [-0.4, -0.2) is 48.1 Å². The fraction of sp³-hybridized carbons (Fsp3) is 0.423. The number of rotatable bonds is 8. The molecule has 0 bridgehead atoms. The van der Waals surface area contributed by atoms with E-state index in [1.165, 1.54) is 11.8 Å². The Morgan fingerprint density at radius 3 is 2.57 bits per heavy atom. The van der Waals surface area contributed by atoms with Crippen LogP contribution in [0.25, 0.3) is 0 Å². The molecule has 2 aromatic heterocycles. The number of furan rings is 1. The van der Waals surface area contributed by atoms with Crippen molar-refractivity contribution in [1.29, 1.82) is 0 Å². The van der Waals surface area contributed by atoms with Gasteiger partial charge in [-0.25, -0.2) is 9.97 Å². The van der Waals surface area contributed by atoms with Crippen LogP contribution < -0.4 is 15.1 Å². The summed E-state index contributed by atoms with van der Waals surface area (Å²) in [7, 11) is 0. The minimum atomic E-state index is -0.139. The van der Waals surface area contributed by atoms with E-state index in [-0.39, 0.29) is 5.91 Å². The number of piperazine rings is 1. The standard InChI is InChI=1S/C26H30ClN5O2S/c1-17(2)21-15-24(32-13-11-31(12-14-32)22-6-4-3-5-20(22)27)30-26(29-21)35-16-19-9-10-23(34-19)25(33)28-18-7-8-18/h3-6,9-10,15,17-18H,7-8,11-14,16H2,1-2H3,(H,28,33). The van der Waals surface area contributed by atoms with Crippen LogP contribution in [0, 0.1) is 0 Å². The topological polar surface area (TPSA) is 74.5 Å². The molecule has 2 fully saturated rings. The summed E-state index contributed by atoms with van der Waals surface area (Å²) in [6.45, 7) is 7.78. The van der Waals surface area contributed by atoms with Crippen molar-refractivity contribution in [2.45, 2.75) is 49.6 Å². The zero-order valence-electron chi connectivity index (χ0n) is 20.0. The lowest BCUT2D eigenvalue weighted by molar-refractivity contribution is 0.0922. The molecule has 9 heteroatoms. The van der Waals surface area contributed by atoms with Crippen molar-refractivity contribution < 1.29 is 9.21 Å². The van der Waals surface area contributed by atoms with Crippen molar-refractivity contribution in [2.75, 3.05) is 36.0 Å². The maximum atomic E-state index is 12.2. The highest BCUT2D eigenvalue weighted by atomic mass is 35.5. The Morgan fingerprint density at radius 1 is 1.11 bits per heavy atom. The average Bonchev–Trinajstić information content (AvgIpc) is 3.55. The first kappa shape index (κ1) is 24.0. The van der Waals surface area contributed by atoms with E-state index in [9.17, 15) is 4.79 Å². The summed E-state index contributed by atoms with van der Waals surface area (Å²) in [6, 6.07) is 14.0. The smallest absolute Gasteiger partial charge is 0.287 e. The number of carbonyl (C=O) groups excluding carboxylic acids is 1.